The van der Waals surface area contributed by atoms with Crippen LogP contribution in [-0.2, 0) is 59.2 Å². The lowest BCUT2D eigenvalue weighted by Gasteiger charge is -2.34. The third-order valence-corrected chi connectivity index (χ3v) is 14.9. The van der Waals surface area contributed by atoms with E-state index in [1.54, 1.807) is 65.0 Å². The lowest BCUT2D eigenvalue weighted by Crippen LogP contribution is -2.61. The first-order chi connectivity index (χ1) is 38.8. The number of carbonyl (C=O) groups excluding carboxylic acids is 10. The summed E-state index contributed by atoms with van der Waals surface area (Å²) in [6, 6.07) is -3.97. The van der Waals surface area contributed by atoms with Crippen molar-refractivity contribution in [3.8, 4) is 0 Å². The normalized spacial score (nSPS) is 19.1. The quantitative estimate of drug-likeness (QED) is 0.0142. The average molecular weight is 1190 g/mol. The highest BCUT2D eigenvalue weighted by Gasteiger charge is 2.47. The minimum Gasteiger partial charge on any atom is -0.480 e. The Hall–Kier alpha value is -6.72. The van der Waals surface area contributed by atoms with Crippen molar-refractivity contribution >= 4 is 96.3 Å². The summed E-state index contributed by atoms with van der Waals surface area (Å²) in [4.78, 5) is 157. The van der Waals surface area contributed by atoms with Crippen LogP contribution in [0.2, 0.25) is 0 Å². The minimum absolute atomic E-state index is 0.00693. The molecule has 12 atom stereocenters. The summed E-state index contributed by atoms with van der Waals surface area (Å²) < 4.78 is 0. The van der Waals surface area contributed by atoms with Gasteiger partial charge < -0.3 is 80.2 Å². The number of aliphatic carboxylic acids is 1. The molecule has 2 heterocycles. The molecule has 2 fully saturated rings. The van der Waals surface area contributed by atoms with E-state index in [-0.39, 0.29) is 101 Å². The van der Waals surface area contributed by atoms with Crippen molar-refractivity contribution in [1.82, 2.24) is 47.0 Å². The predicted molar refractivity (Wildman–Crippen MR) is 310 cm³/mol. The van der Waals surface area contributed by atoms with E-state index in [9.17, 15) is 63.0 Å². The number of nitrogens with one attached hydrogen (secondary N) is 7. The molecule has 3 rings (SSSR count). The molecule has 1 aromatic carbocycles. The summed E-state index contributed by atoms with van der Waals surface area (Å²) in [6.45, 7) is 8.70. The van der Waals surface area contributed by atoms with Crippen LogP contribution in [0.5, 0.6) is 0 Å². The third-order valence-electron chi connectivity index (χ3n) is 14.1. The number of carbonyl (C=O) groups is 11. The smallest absolute Gasteiger partial charge is 0.327 e. The first-order valence-electron chi connectivity index (χ1n) is 27.8. The van der Waals surface area contributed by atoms with Gasteiger partial charge in [-0.15, -0.1) is 0 Å². The number of β-amino-alcohol motifs (C(OH)–C–C–N with tert-alkyl or cyclic N) is 1. The van der Waals surface area contributed by atoms with E-state index in [0.717, 1.165) is 0 Å². The Balaban J connectivity index is 1.92. The summed E-state index contributed by atoms with van der Waals surface area (Å²) in [5.41, 5.74) is 22.8. The number of thiol groups is 2. The van der Waals surface area contributed by atoms with Gasteiger partial charge in [0.2, 0.25) is 59.1 Å². The highest BCUT2D eigenvalue weighted by Crippen LogP contribution is 2.27. The van der Waals surface area contributed by atoms with Crippen LogP contribution in [0.15, 0.2) is 35.3 Å². The number of nitrogens with zero attached hydrogens (tertiary/aromatic N) is 3. The van der Waals surface area contributed by atoms with Gasteiger partial charge in [-0.05, 0) is 62.3 Å². The van der Waals surface area contributed by atoms with Gasteiger partial charge in [-0.1, -0.05) is 77.8 Å². The Morgan fingerprint density at radius 2 is 1.26 bits per heavy atom. The lowest BCUT2D eigenvalue weighted by atomic mass is 9.97. The average Bonchev–Trinajstić information content (AvgIpc) is 4.30. The van der Waals surface area contributed by atoms with E-state index < -0.39 is 137 Å². The van der Waals surface area contributed by atoms with E-state index in [0.29, 0.717) is 24.8 Å². The number of benzene rings is 1. The van der Waals surface area contributed by atoms with Gasteiger partial charge in [-0.25, -0.2) is 4.79 Å². The molecular formula is C53H86N14O13S2. The maximum atomic E-state index is 15.0. The van der Waals surface area contributed by atoms with E-state index in [1.807, 2.05) is 0 Å². The number of primary amides is 1. The second kappa shape index (κ2) is 34.7. The van der Waals surface area contributed by atoms with Gasteiger partial charge in [0.15, 0.2) is 5.96 Å². The van der Waals surface area contributed by atoms with Crippen molar-refractivity contribution in [2.24, 2.45) is 39.8 Å². The third kappa shape index (κ3) is 21.9. The summed E-state index contributed by atoms with van der Waals surface area (Å²) in [6.07, 6.45) is -0.448. The van der Waals surface area contributed by atoms with Gasteiger partial charge in [0, 0.05) is 50.4 Å². The van der Waals surface area contributed by atoms with Crippen molar-refractivity contribution in [1.29, 1.82) is 0 Å². The molecule has 0 aromatic heterocycles. The predicted octanol–water partition coefficient (Wildman–Crippen LogP) is -2.94. The molecule has 0 saturated carbocycles. The molecule has 0 spiro atoms. The molecule has 2 aliphatic rings. The minimum atomic E-state index is -1.47. The molecule has 29 heteroatoms. The van der Waals surface area contributed by atoms with Crippen LogP contribution in [0.1, 0.15) is 111 Å². The standard InChI is InChI=1S/C53H86N14O13S2/c1-6-13-33(44(71)64-38(27-82)52(79)80)61-49(76)42(29(5)7-2)65-48(75)40-24-31(68)25-67(40)51(78)39-17-12-21-66(39)50(77)37(23-30-14-9-8-10-15-30)63-47(74)36(22-28(3)4)62-46(73)35(18-19-41(55)69)60-45(72)34(16-11-20-58-53(56)57)59-43(70)32(54)26-81/h8-10,14-15,28-29,31-40,42,68,81-82H,6-7,11-13,16-27,54H2,1-5H3,(H2,55,69)(H,59,70)(H,60,72)(H,61,76)(H,62,73)(H,63,74)(H,64,71)(H,65,75)(H,79,80)(H4,56,57,58)/t29-,31+,32-,33-,34-,35-,36-,37-,38-,39-,40-,42-/m0/s1. The molecular weight excluding hydrogens is 1100 g/mol. The van der Waals surface area contributed by atoms with Crippen molar-refractivity contribution in [3.63, 3.8) is 0 Å². The number of carboxylic acids is 1. The molecule has 0 radical (unpaired) electrons. The Morgan fingerprint density at radius 3 is 1.82 bits per heavy atom. The largest absolute Gasteiger partial charge is 0.480 e. The summed E-state index contributed by atoms with van der Waals surface area (Å²) in [5, 5.41) is 38.8. The van der Waals surface area contributed by atoms with Crippen LogP contribution in [-0.4, -0.2) is 189 Å². The molecule has 0 unspecified atom stereocenters. The Kier molecular flexibility index (Phi) is 29.4. The van der Waals surface area contributed by atoms with Crippen LogP contribution in [0.4, 0.5) is 0 Å². The summed E-state index contributed by atoms with van der Waals surface area (Å²) >= 11 is 8.05. The lowest BCUT2D eigenvalue weighted by molar-refractivity contribution is -0.148. The maximum Gasteiger partial charge on any atom is 0.327 e. The number of guanidine groups is 1. The van der Waals surface area contributed by atoms with Gasteiger partial charge in [-0.2, -0.15) is 25.3 Å². The number of rotatable bonds is 34. The van der Waals surface area contributed by atoms with Gasteiger partial charge in [-0.3, -0.25) is 52.9 Å². The fourth-order valence-electron chi connectivity index (χ4n) is 9.47. The van der Waals surface area contributed by atoms with Gasteiger partial charge >= 0.3 is 5.97 Å². The number of likely N-dealkylation sites (tertiary alicyclic amines) is 2. The van der Waals surface area contributed by atoms with Crippen LogP contribution in [0, 0.1) is 11.8 Å². The fraction of sp³-hybridized carbons (Fsp3) is 0.660. The first kappa shape index (κ1) is 69.5. The zero-order valence-corrected chi connectivity index (χ0v) is 49.1. The molecule has 2 saturated heterocycles. The van der Waals surface area contributed by atoms with Crippen molar-refractivity contribution in [2.75, 3.05) is 31.1 Å². The number of amides is 10. The first-order valence-corrected chi connectivity index (χ1v) is 29.0. The molecule has 0 aliphatic carbocycles. The van der Waals surface area contributed by atoms with E-state index in [1.165, 1.54) is 9.80 Å². The number of aliphatic hydroxyl groups excluding tert-OH is 1. The highest BCUT2D eigenvalue weighted by molar-refractivity contribution is 7.80. The maximum absolute atomic E-state index is 15.0. The molecule has 27 nitrogen and oxygen atoms in total. The molecule has 10 amide bonds. The van der Waals surface area contributed by atoms with Gasteiger partial charge in [0.25, 0.3) is 0 Å². The topological polar surface area (TPSA) is 435 Å². The van der Waals surface area contributed by atoms with Crippen LogP contribution in [0.25, 0.3) is 0 Å². The van der Waals surface area contributed by atoms with Crippen LogP contribution < -0.4 is 60.2 Å². The van der Waals surface area contributed by atoms with Gasteiger partial charge in [0.05, 0.1) is 12.1 Å². The zero-order chi connectivity index (χ0) is 61.4. The number of nitrogens with two attached hydrogens (primary N) is 4. The number of aliphatic hydroxyl groups is 1. The van der Waals surface area contributed by atoms with E-state index >= 15 is 0 Å². The van der Waals surface area contributed by atoms with Crippen molar-refractivity contribution < 1.29 is 63.0 Å². The Labute approximate surface area is 489 Å². The molecule has 0 bridgehead atoms. The Morgan fingerprint density at radius 1 is 0.695 bits per heavy atom. The van der Waals surface area contributed by atoms with Crippen molar-refractivity contribution in [2.45, 2.75) is 178 Å². The summed E-state index contributed by atoms with van der Waals surface area (Å²) in [5.74, 6) is -10.1. The molecule has 82 heavy (non-hydrogen) atoms. The fourth-order valence-corrected chi connectivity index (χ4v) is 9.89. The monoisotopic (exact) mass is 1190 g/mol. The molecule has 458 valence electrons. The van der Waals surface area contributed by atoms with Crippen LogP contribution >= 0.6 is 25.3 Å². The molecule has 17 N–H and O–H groups in total. The SMILES string of the molecule is CCC[C@H](NC(=O)[C@@H](NC(=O)[C@@H]1C[C@@H](O)CN1C(=O)[C@@H]1CCCN1C(=O)[C@H](Cc1ccccc1)NC(=O)[C@H](CC(C)C)NC(=O)[C@H](CCC(N)=O)NC(=O)[C@H](CCCN=C(N)N)NC(=O)[C@@H](N)CS)[C@@H](C)CC)C(=O)N[C@@H](CS)C(=O)O. The number of carboxylic acid groups (broad SMARTS) is 1. The zero-order valence-electron chi connectivity index (χ0n) is 47.3. The number of hydrogen-bond acceptors (Lipinski definition) is 16. The van der Waals surface area contributed by atoms with Crippen molar-refractivity contribution in [3.05, 3.63) is 35.9 Å². The van der Waals surface area contributed by atoms with Gasteiger partial charge in [0.1, 0.15) is 54.4 Å². The molecule has 1 aromatic rings. The summed E-state index contributed by atoms with van der Waals surface area (Å²) in [7, 11) is 0. The second-order valence-electron chi connectivity index (χ2n) is 21.2. The number of hydrogen-bond donors (Lipinski definition) is 15. The number of aliphatic imine (C=N–C) groups is 1. The van der Waals surface area contributed by atoms with E-state index in [4.69, 9.17) is 22.9 Å². The second-order valence-corrected chi connectivity index (χ2v) is 21.9. The highest BCUT2D eigenvalue weighted by atomic mass is 32.1. The van der Waals surface area contributed by atoms with Crippen LogP contribution in [0.3, 0.4) is 0 Å². The molecule has 2 aliphatic heterocycles. The van der Waals surface area contributed by atoms with E-state index in [2.05, 4.69) is 67.5 Å². The Bertz CT molecular complexity index is 2400.